The van der Waals surface area contributed by atoms with E-state index in [4.69, 9.17) is 0 Å². The molecule has 5 nitrogen and oxygen atoms in total. The lowest BCUT2D eigenvalue weighted by Crippen LogP contribution is -2.05. The van der Waals surface area contributed by atoms with Crippen LogP contribution in [0.1, 0.15) is 0 Å². The van der Waals surface area contributed by atoms with Crippen molar-refractivity contribution in [3.63, 3.8) is 0 Å². The predicted octanol–water partition coefficient (Wildman–Crippen LogP) is 0.428. The van der Waals surface area contributed by atoms with Crippen molar-refractivity contribution in [1.29, 1.82) is 0 Å². The van der Waals surface area contributed by atoms with Crippen molar-refractivity contribution < 1.29 is 8.42 Å². The molecule has 0 aliphatic heterocycles. The molecule has 1 aromatic heterocycles. The molecule has 0 saturated heterocycles. The zero-order valence-corrected chi connectivity index (χ0v) is 8.19. The maximum atomic E-state index is 11.1. The van der Waals surface area contributed by atoms with Gasteiger partial charge in [0.15, 0.2) is 0 Å². The Morgan fingerprint density at radius 1 is 1.07 bits per heavy atom. The Balaban J connectivity index is 2.75. The Bertz CT molecular complexity index is 580. The zero-order valence-electron chi connectivity index (χ0n) is 7.38. The second kappa shape index (κ2) is 2.98. The zero-order chi connectivity index (χ0) is 10.2. The summed E-state index contributed by atoms with van der Waals surface area (Å²) >= 11 is 0. The summed E-state index contributed by atoms with van der Waals surface area (Å²) in [5.74, 6) is 0. The van der Waals surface area contributed by atoms with Crippen molar-refractivity contribution in [2.75, 3.05) is 6.26 Å². The van der Waals surface area contributed by atoms with Gasteiger partial charge in [-0.15, -0.1) is 10.2 Å². The van der Waals surface area contributed by atoms with Crippen LogP contribution in [0, 0.1) is 0 Å². The van der Waals surface area contributed by atoms with E-state index in [9.17, 15) is 8.42 Å². The third-order valence-corrected chi connectivity index (χ3v) is 2.51. The van der Waals surface area contributed by atoms with Crippen LogP contribution in [-0.4, -0.2) is 29.9 Å². The van der Waals surface area contributed by atoms with Gasteiger partial charge in [0.05, 0.1) is 5.52 Å². The highest BCUT2D eigenvalue weighted by atomic mass is 32.2. The van der Waals surface area contributed by atoms with E-state index in [2.05, 4.69) is 15.2 Å². The molecule has 14 heavy (non-hydrogen) atoms. The molecule has 0 radical (unpaired) electrons. The number of sulfone groups is 1. The van der Waals surface area contributed by atoms with Crippen LogP contribution in [0.3, 0.4) is 0 Å². The number of nitrogens with zero attached hydrogens (tertiary/aromatic N) is 3. The van der Waals surface area contributed by atoms with Gasteiger partial charge in [0, 0.05) is 6.26 Å². The third-order valence-electron chi connectivity index (χ3n) is 1.67. The predicted molar refractivity (Wildman–Crippen MR) is 50.4 cm³/mol. The maximum absolute atomic E-state index is 11.1. The summed E-state index contributed by atoms with van der Waals surface area (Å²) in [6.07, 6.45) is 1.05. The molecular formula is C8H7N3O2S. The van der Waals surface area contributed by atoms with Gasteiger partial charge in [-0.3, -0.25) is 0 Å². The lowest BCUT2D eigenvalue weighted by Gasteiger charge is -1.97. The topological polar surface area (TPSA) is 72.8 Å². The summed E-state index contributed by atoms with van der Waals surface area (Å²) in [4.78, 5) is 3.88. The van der Waals surface area contributed by atoms with Crippen molar-refractivity contribution in [3.8, 4) is 0 Å². The molecule has 0 bridgehead atoms. The van der Waals surface area contributed by atoms with Crippen LogP contribution in [-0.2, 0) is 9.84 Å². The summed E-state index contributed by atoms with van der Waals surface area (Å²) in [6.45, 7) is 0. The van der Waals surface area contributed by atoms with E-state index in [-0.39, 0.29) is 5.16 Å². The van der Waals surface area contributed by atoms with Crippen LogP contribution in [0.15, 0.2) is 29.4 Å². The van der Waals surface area contributed by atoms with Gasteiger partial charge in [-0.25, -0.2) is 13.4 Å². The van der Waals surface area contributed by atoms with Crippen molar-refractivity contribution in [2.24, 2.45) is 0 Å². The van der Waals surface area contributed by atoms with Gasteiger partial charge in [-0.05, 0) is 12.1 Å². The van der Waals surface area contributed by atoms with Gasteiger partial charge in [0.1, 0.15) is 5.52 Å². The van der Waals surface area contributed by atoms with E-state index in [1.807, 2.05) is 0 Å². The second-order valence-electron chi connectivity index (χ2n) is 2.86. The van der Waals surface area contributed by atoms with Crippen molar-refractivity contribution >= 4 is 20.9 Å². The van der Waals surface area contributed by atoms with E-state index < -0.39 is 9.84 Å². The molecule has 1 heterocycles. The van der Waals surface area contributed by atoms with E-state index in [0.717, 1.165) is 6.26 Å². The molecule has 0 spiro atoms. The number of para-hydroxylation sites is 1. The fourth-order valence-electron chi connectivity index (χ4n) is 1.02. The molecule has 0 saturated carbocycles. The molecule has 0 atom stereocenters. The molecule has 2 aromatic rings. The number of fused-ring (bicyclic) bond motifs is 1. The largest absolute Gasteiger partial charge is 0.267 e. The molecule has 0 aliphatic carbocycles. The molecule has 0 fully saturated rings. The van der Waals surface area contributed by atoms with Crippen molar-refractivity contribution in [1.82, 2.24) is 15.2 Å². The van der Waals surface area contributed by atoms with Crippen LogP contribution in [0.2, 0.25) is 0 Å². The Labute approximate surface area is 80.7 Å². The standard InChI is InChI=1S/C8H7N3O2S/c1-14(12,13)8-9-6-4-2-3-5-7(6)10-11-8/h2-5H,1H3. The maximum Gasteiger partial charge on any atom is 0.267 e. The highest BCUT2D eigenvalue weighted by Crippen LogP contribution is 2.08. The molecule has 0 N–H and O–H groups in total. The number of benzene rings is 1. The minimum atomic E-state index is -3.38. The monoisotopic (exact) mass is 209 g/mol. The second-order valence-corrected chi connectivity index (χ2v) is 4.76. The number of hydrogen-bond donors (Lipinski definition) is 0. The SMILES string of the molecule is CS(=O)(=O)c1nnc2ccccc2n1. The molecule has 0 aliphatic rings. The quantitative estimate of drug-likeness (QED) is 0.681. The summed E-state index contributed by atoms with van der Waals surface area (Å²) in [5.41, 5.74) is 1.11. The first-order valence-electron chi connectivity index (χ1n) is 3.87. The first-order valence-corrected chi connectivity index (χ1v) is 5.76. The molecule has 0 unspecified atom stereocenters. The van der Waals surface area contributed by atoms with Gasteiger partial charge in [-0.2, -0.15) is 0 Å². The van der Waals surface area contributed by atoms with Crippen LogP contribution in [0.5, 0.6) is 0 Å². The Hall–Kier alpha value is -1.56. The minimum Gasteiger partial charge on any atom is -0.221 e. The fraction of sp³-hybridized carbons (Fsp3) is 0.125. The van der Waals surface area contributed by atoms with Gasteiger partial charge < -0.3 is 0 Å². The molecule has 0 amide bonds. The average molecular weight is 209 g/mol. The van der Waals surface area contributed by atoms with E-state index in [0.29, 0.717) is 11.0 Å². The van der Waals surface area contributed by atoms with Gasteiger partial charge >= 0.3 is 0 Å². The van der Waals surface area contributed by atoms with Gasteiger partial charge in [0.2, 0.25) is 9.84 Å². The first kappa shape index (κ1) is 9.01. The molecule has 6 heteroatoms. The van der Waals surface area contributed by atoms with Crippen LogP contribution >= 0.6 is 0 Å². The Morgan fingerprint density at radius 2 is 1.71 bits per heavy atom. The summed E-state index contributed by atoms with van der Waals surface area (Å²) in [6, 6.07) is 6.97. The van der Waals surface area contributed by atoms with E-state index >= 15 is 0 Å². The van der Waals surface area contributed by atoms with E-state index in [1.54, 1.807) is 24.3 Å². The first-order chi connectivity index (χ1) is 6.57. The molecular weight excluding hydrogens is 202 g/mol. The third kappa shape index (κ3) is 1.56. The molecule has 2 rings (SSSR count). The van der Waals surface area contributed by atoms with Crippen molar-refractivity contribution in [2.45, 2.75) is 5.16 Å². The number of aromatic nitrogens is 3. The summed E-state index contributed by atoms with van der Waals surface area (Å²) in [5, 5.41) is 7.05. The van der Waals surface area contributed by atoms with Crippen LogP contribution < -0.4 is 0 Å². The highest BCUT2D eigenvalue weighted by molar-refractivity contribution is 7.90. The normalized spacial score (nSPS) is 11.8. The summed E-state index contributed by atoms with van der Waals surface area (Å²) in [7, 11) is -3.38. The van der Waals surface area contributed by atoms with E-state index in [1.165, 1.54) is 0 Å². The molecule has 72 valence electrons. The van der Waals surface area contributed by atoms with Crippen molar-refractivity contribution in [3.05, 3.63) is 24.3 Å². The summed E-state index contributed by atoms with van der Waals surface area (Å²) < 4.78 is 22.2. The average Bonchev–Trinajstić information content (AvgIpc) is 2.16. The molecule has 1 aromatic carbocycles. The smallest absolute Gasteiger partial charge is 0.221 e. The highest BCUT2D eigenvalue weighted by Gasteiger charge is 2.11. The van der Waals surface area contributed by atoms with Gasteiger partial charge in [0.25, 0.3) is 5.16 Å². The van der Waals surface area contributed by atoms with Crippen LogP contribution in [0.4, 0.5) is 0 Å². The van der Waals surface area contributed by atoms with Crippen LogP contribution in [0.25, 0.3) is 11.0 Å². The Morgan fingerprint density at radius 3 is 2.36 bits per heavy atom. The minimum absolute atomic E-state index is 0.240. The fourth-order valence-corrected chi connectivity index (χ4v) is 1.48. The van der Waals surface area contributed by atoms with Gasteiger partial charge in [-0.1, -0.05) is 12.1 Å². The number of rotatable bonds is 1. The lowest BCUT2D eigenvalue weighted by molar-refractivity contribution is 0.591. The number of hydrogen-bond acceptors (Lipinski definition) is 5. The Kier molecular flexibility index (Phi) is 1.92. The lowest BCUT2D eigenvalue weighted by atomic mass is 10.3.